The Morgan fingerprint density at radius 1 is 0.821 bits per heavy atom. The zero-order valence-electron chi connectivity index (χ0n) is 21.9. The van der Waals surface area contributed by atoms with Crippen LogP contribution in [0.25, 0.3) is 0 Å². The third-order valence-corrected chi connectivity index (χ3v) is 7.35. The summed E-state index contributed by atoms with van der Waals surface area (Å²) in [6, 6.07) is 24.8. The van der Waals surface area contributed by atoms with Crippen LogP contribution in [-0.4, -0.2) is 32.6 Å². The summed E-state index contributed by atoms with van der Waals surface area (Å²) in [7, 11) is 0. The highest BCUT2D eigenvalue weighted by atomic mass is 16.2. The average Bonchev–Trinajstić information content (AvgIpc) is 3.50. The number of nitrogens with zero attached hydrogens (tertiary/aromatic N) is 3. The smallest absolute Gasteiger partial charge is 0.316 e. The fraction of sp³-hybridized carbons (Fsp3) is 0.300. The molecule has 200 valence electrons. The first-order valence-corrected chi connectivity index (χ1v) is 13.4. The zero-order valence-corrected chi connectivity index (χ0v) is 21.9. The van der Waals surface area contributed by atoms with Gasteiger partial charge in [0.05, 0.1) is 12.1 Å². The van der Waals surface area contributed by atoms with Crippen LogP contribution in [-0.2, 0) is 0 Å². The minimum Gasteiger partial charge on any atom is -0.332 e. The molecule has 9 nitrogen and oxygen atoms in total. The van der Waals surface area contributed by atoms with Gasteiger partial charge >= 0.3 is 6.03 Å². The molecule has 0 spiro atoms. The molecule has 0 saturated heterocycles. The summed E-state index contributed by atoms with van der Waals surface area (Å²) in [6.07, 6.45) is 6.34. The van der Waals surface area contributed by atoms with Crippen molar-refractivity contribution in [2.24, 2.45) is 0 Å². The van der Waals surface area contributed by atoms with Crippen LogP contribution in [0.2, 0.25) is 0 Å². The molecule has 1 aromatic heterocycles. The van der Waals surface area contributed by atoms with Crippen LogP contribution in [0.1, 0.15) is 89.6 Å². The number of hydrogen-bond acceptors (Lipinski definition) is 5. The lowest BCUT2D eigenvalue weighted by molar-refractivity contribution is 0.102. The third kappa shape index (κ3) is 6.67. The molecule has 1 fully saturated rings. The van der Waals surface area contributed by atoms with Crippen molar-refractivity contribution in [2.75, 3.05) is 5.32 Å². The summed E-state index contributed by atoms with van der Waals surface area (Å²) in [6.45, 7) is 1.96. The van der Waals surface area contributed by atoms with E-state index in [0.29, 0.717) is 11.5 Å². The number of benzene rings is 3. The highest BCUT2D eigenvalue weighted by Crippen LogP contribution is 2.33. The van der Waals surface area contributed by atoms with Crippen LogP contribution in [0, 0.1) is 0 Å². The molecule has 1 heterocycles. The molecule has 5 rings (SSSR count). The van der Waals surface area contributed by atoms with Crippen molar-refractivity contribution in [1.82, 2.24) is 31.3 Å². The van der Waals surface area contributed by atoms with Gasteiger partial charge in [-0.3, -0.25) is 10.1 Å². The quantitative estimate of drug-likeness (QED) is 0.238. The van der Waals surface area contributed by atoms with E-state index in [4.69, 9.17) is 0 Å². The number of H-pyrrole nitrogens is 1. The Kier molecular flexibility index (Phi) is 8.26. The maximum Gasteiger partial charge on any atom is 0.316 e. The molecule has 0 aliphatic heterocycles. The van der Waals surface area contributed by atoms with Crippen molar-refractivity contribution >= 4 is 17.9 Å². The second kappa shape index (κ2) is 12.3. The first kappa shape index (κ1) is 26.1. The van der Waals surface area contributed by atoms with Crippen LogP contribution in [0.15, 0.2) is 78.9 Å². The van der Waals surface area contributed by atoms with Gasteiger partial charge in [-0.05, 0) is 65.3 Å². The molecule has 4 N–H and O–H groups in total. The molecule has 2 atom stereocenters. The number of amides is 3. The molecule has 1 saturated carbocycles. The summed E-state index contributed by atoms with van der Waals surface area (Å²) < 4.78 is 0. The number of aromatic amines is 1. The molecule has 3 aromatic carbocycles. The molecule has 39 heavy (non-hydrogen) atoms. The molecular formula is C30H33N7O2. The fourth-order valence-corrected chi connectivity index (χ4v) is 5.17. The molecule has 1 unspecified atom stereocenters. The van der Waals surface area contributed by atoms with Crippen molar-refractivity contribution < 1.29 is 9.59 Å². The van der Waals surface area contributed by atoms with E-state index < -0.39 is 6.04 Å². The van der Waals surface area contributed by atoms with Crippen molar-refractivity contribution in [3.8, 4) is 0 Å². The number of aromatic nitrogens is 4. The minimum atomic E-state index is -0.400. The number of tetrazole rings is 1. The SMILES string of the molecule is C[C@H](NC(=O)NC(c1ccc(C(=O)Nc2nn[nH]n2)cc1)c1ccc(C2CCCCC2)cc1)c1ccccc1. The summed E-state index contributed by atoms with van der Waals surface area (Å²) in [5, 5.41) is 22.0. The number of nitrogens with one attached hydrogen (secondary N) is 4. The monoisotopic (exact) mass is 523 g/mol. The van der Waals surface area contributed by atoms with Gasteiger partial charge in [0.1, 0.15) is 0 Å². The Morgan fingerprint density at radius 3 is 2.13 bits per heavy atom. The third-order valence-electron chi connectivity index (χ3n) is 7.35. The van der Waals surface area contributed by atoms with Gasteiger partial charge in [-0.2, -0.15) is 5.21 Å². The Hall–Kier alpha value is -4.53. The van der Waals surface area contributed by atoms with E-state index in [2.05, 4.69) is 60.8 Å². The lowest BCUT2D eigenvalue weighted by Gasteiger charge is -2.24. The zero-order chi connectivity index (χ0) is 27.0. The second-order valence-electron chi connectivity index (χ2n) is 10.00. The fourth-order valence-electron chi connectivity index (χ4n) is 5.17. The highest BCUT2D eigenvalue weighted by Gasteiger charge is 2.21. The van der Waals surface area contributed by atoms with E-state index in [1.54, 1.807) is 12.1 Å². The summed E-state index contributed by atoms with van der Waals surface area (Å²) in [5.74, 6) is 0.357. The number of carbonyl (C=O) groups is 2. The van der Waals surface area contributed by atoms with Gasteiger partial charge in [-0.15, -0.1) is 5.10 Å². The number of anilines is 1. The first-order valence-electron chi connectivity index (χ1n) is 13.4. The van der Waals surface area contributed by atoms with Crippen molar-refractivity contribution in [2.45, 2.75) is 57.0 Å². The van der Waals surface area contributed by atoms with Crippen LogP contribution in [0.5, 0.6) is 0 Å². The van der Waals surface area contributed by atoms with Crippen molar-refractivity contribution in [3.05, 3.63) is 107 Å². The normalized spacial score (nSPS) is 15.2. The van der Waals surface area contributed by atoms with Gasteiger partial charge in [0, 0.05) is 5.56 Å². The predicted octanol–water partition coefficient (Wildman–Crippen LogP) is 5.65. The first-order chi connectivity index (χ1) is 19.1. The molecule has 1 aliphatic carbocycles. The van der Waals surface area contributed by atoms with E-state index in [1.165, 1.54) is 37.7 Å². The van der Waals surface area contributed by atoms with E-state index in [1.807, 2.05) is 49.4 Å². The van der Waals surface area contributed by atoms with Gasteiger partial charge in [-0.25, -0.2) is 4.79 Å². The Balaban J connectivity index is 1.35. The second-order valence-corrected chi connectivity index (χ2v) is 10.00. The highest BCUT2D eigenvalue weighted by molar-refractivity contribution is 6.03. The minimum absolute atomic E-state index is 0.103. The largest absolute Gasteiger partial charge is 0.332 e. The summed E-state index contributed by atoms with van der Waals surface area (Å²) in [5.41, 5.74) is 4.66. The molecule has 1 aliphatic rings. The van der Waals surface area contributed by atoms with Crippen LogP contribution in [0.4, 0.5) is 10.7 Å². The van der Waals surface area contributed by atoms with Gasteiger partial charge in [0.2, 0.25) is 0 Å². The lowest BCUT2D eigenvalue weighted by Crippen LogP contribution is -2.39. The van der Waals surface area contributed by atoms with Crippen LogP contribution < -0.4 is 16.0 Å². The molecule has 0 radical (unpaired) electrons. The molecule has 3 amide bonds. The standard InChI is InChI=1S/C30H33N7O2/c1-20(21-8-4-2-5-9-21)31-30(39)32-27(24-14-12-23(13-15-24)22-10-6-3-7-11-22)25-16-18-26(19-17-25)28(38)33-29-34-36-37-35-29/h2,4-5,8-9,12-20,22,27H,3,6-7,10-11H2,1H3,(H2,31,32,39)(H2,33,34,35,36,37,38)/t20-,27?/m0/s1. The van der Waals surface area contributed by atoms with Crippen molar-refractivity contribution in [3.63, 3.8) is 0 Å². The Bertz CT molecular complexity index is 1350. The molecule has 0 bridgehead atoms. The summed E-state index contributed by atoms with van der Waals surface area (Å²) >= 11 is 0. The number of urea groups is 1. The van der Waals surface area contributed by atoms with Gasteiger partial charge in [0.15, 0.2) is 0 Å². The number of hydrogen-bond donors (Lipinski definition) is 4. The van der Waals surface area contributed by atoms with E-state index in [9.17, 15) is 9.59 Å². The Morgan fingerprint density at radius 2 is 1.49 bits per heavy atom. The van der Waals surface area contributed by atoms with Gasteiger partial charge in [-0.1, -0.05) is 91.1 Å². The van der Waals surface area contributed by atoms with E-state index in [0.717, 1.165) is 16.7 Å². The molecule has 4 aromatic rings. The topological polar surface area (TPSA) is 125 Å². The van der Waals surface area contributed by atoms with Crippen molar-refractivity contribution in [1.29, 1.82) is 0 Å². The van der Waals surface area contributed by atoms with E-state index in [-0.39, 0.29) is 23.9 Å². The Labute approximate surface area is 227 Å². The maximum atomic E-state index is 13.1. The number of carbonyl (C=O) groups excluding carboxylic acids is 2. The number of rotatable bonds is 8. The lowest BCUT2D eigenvalue weighted by atomic mass is 9.83. The average molecular weight is 524 g/mol. The van der Waals surface area contributed by atoms with E-state index >= 15 is 0 Å². The van der Waals surface area contributed by atoms with Gasteiger partial charge < -0.3 is 10.6 Å². The van der Waals surface area contributed by atoms with Crippen LogP contribution >= 0.6 is 0 Å². The summed E-state index contributed by atoms with van der Waals surface area (Å²) in [4.78, 5) is 25.7. The molecule has 9 heteroatoms. The molecular weight excluding hydrogens is 490 g/mol. The van der Waals surface area contributed by atoms with Crippen LogP contribution in [0.3, 0.4) is 0 Å². The van der Waals surface area contributed by atoms with Gasteiger partial charge in [0.25, 0.3) is 11.9 Å². The maximum absolute atomic E-state index is 13.1. The predicted molar refractivity (Wildman–Crippen MR) is 149 cm³/mol.